The highest BCUT2D eigenvalue weighted by Crippen LogP contribution is 2.58. The Kier molecular flexibility index (Phi) is 14.1. The molecule has 322 valence electrons. The molecule has 4 fully saturated rings. The maximum Gasteiger partial charge on any atom is 0.327 e. The number of para-hydroxylation sites is 1. The highest BCUT2D eigenvalue weighted by molar-refractivity contribution is 5.96. The van der Waals surface area contributed by atoms with E-state index in [-0.39, 0.29) is 38.3 Å². The number of likely N-dealkylation sites (N-methyl/N-ethyl adjacent to an activating group) is 1. The van der Waals surface area contributed by atoms with Crippen LogP contribution in [0.1, 0.15) is 93.9 Å². The first-order valence-electron chi connectivity index (χ1n) is 21.8. The van der Waals surface area contributed by atoms with Gasteiger partial charge in [-0.3, -0.25) is 19.2 Å². The summed E-state index contributed by atoms with van der Waals surface area (Å²) >= 11 is 0. The number of nitrogens with one attached hydrogen (secondary N) is 1. The van der Waals surface area contributed by atoms with Gasteiger partial charge >= 0.3 is 5.97 Å². The van der Waals surface area contributed by atoms with Crippen LogP contribution in [0.5, 0.6) is 5.75 Å². The van der Waals surface area contributed by atoms with Crippen molar-refractivity contribution in [2.24, 2.45) is 5.41 Å². The molecule has 2 amide bonds. The van der Waals surface area contributed by atoms with Gasteiger partial charge in [-0.2, -0.15) is 5.06 Å². The van der Waals surface area contributed by atoms with Gasteiger partial charge in [0.25, 0.3) is 0 Å². The van der Waals surface area contributed by atoms with Gasteiger partial charge < -0.3 is 34.6 Å². The number of carbonyl (C=O) groups excluding carboxylic acids is 3. The summed E-state index contributed by atoms with van der Waals surface area (Å²) in [5, 5.41) is 24.2. The Balaban J connectivity index is 1.24. The van der Waals surface area contributed by atoms with Crippen molar-refractivity contribution in [1.82, 2.24) is 15.3 Å². The fraction of sp³-hybridized carbons (Fsp3) is 0.521. The number of nitrogens with zero attached hydrogens (tertiary/aromatic N) is 2. The van der Waals surface area contributed by atoms with Crippen molar-refractivity contribution < 1.29 is 43.6 Å². The number of aliphatic hydroxyl groups is 1. The number of benzene rings is 3. The third-order valence-electron chi connectivity index (χ3n) is 12.7. The zero-order chi connectivity index (χ0) is 42.3. The van der Waals surface area contributed by atoms with Gasteiger partial charge in [-0.15, -0.1) is 0 Å². The number of rotatable bonds is 20. The summed E-state index contributed by atoms with van der Waals surface area (Å²) in [4.78, 5) is 52.4. The number of esters is 1. The lowest BCUT2D eigenvalue weighted by Crippen LogP contribution is -2.70. The van der Waals surface area contributed by atoms with E-state index in [0.29, 0.717) is 19.3 Å². The minimum Gasteiger partial charge on any atom is -0.508 e. The molecular weight excluding hydrogens is 763 g/mol. The predicted molar refractivity (Wildman–Crippen MR) is 226 cm³/mol. The molecule has 4 aliphatic rings. The lowest BCUT2D eigenvalue weighted by Gasteiger charge is -2.50. The molecule has 0 unspecified atom stereocenters. The van der Waals surface area contributed by atoms with E-state index in [0.717, 1.165) is 60.8 Å². The molecule has 3 aliphatic heterocycles. The Labute approximate surface area is 353 Å². The van der Waals surface area contributed by atoms with Crippen LogP contribution < -0.4 is 5.32 Å². The number of unbranched alkanes of at least 4 members (excludes halogenated alkanes) is 4. The molecule has 1 saturated carbocycles. The zero-order valence-electron chi connectivity index (χ0n) is 35.2. The van der Waals surface area contributed by atoms with Gasteiger partial charge in [0.1, 0.15) is 41.6 Å². The molecule has 3 aromatic carbocycles. The number of ether oxygens (including phenoxy) is 3. The van der Waals surface area contributed by atoms with Crippen molar-refractivity contribution in [3.63, 3.8) is 0 Å². The van der Waals surface area contributed by atoms with Gasteiger partial charge in [-0.05, 0) is 47.6 Å². The Morgan fingerprint density at radius 2 is 1.63 bits per heavy atom. The van der Waals surface area contributed by atoms with Crippen LogP contribution in [0, 0.1) is 5.41 Å². The summed E-state index contributed by atoms with van der Waals surface area (Å²) in [6.45, 7) is 4.27. The number of amides is 2. The van der Waals surface area contributed by atoms with Gasteiger partial charge in [0.05, 0.1) is 13.2 Å². The molecule has 12 heteroatoms. The Bertz CT molecular complexity index is 1960. The lowest BCUT2D eigenvalue weighted by atomic mass is 9.62. The van der Waals surface area contributed by atoms with Gasteiger partial charge in [0.2, 0.25) is 11.8 Å². The maximum absolute atomic E-state index is 15.6. The molecule has 0 spiro atoms. The van der Waals surface area contributed by atoms with Crippen LogP contribution >= 0.6 is 0 Å². The number of aliphatic hydroxyl groups excluding tert-OH is 1. The smallest absolute Gasteiger partial charge is 0.327 e. The summed E-state index contributed by atoms with van der Waals surface area (Å²) in [5.74, 6) is -2.06. The third kappa shape index (κ3) is 9.04. The van der Waals surface area contributed by atoms with Crippen molar-refractivity contribution in [1.29, 1.82) is 0 Å². The number of carbonyl (C=O) groups is 3. The molecule has 2 bridgehead atoms. The standard InChI is InChI=1S/C48H61N3O9/c1-4-6-13-25-47(26-14-7-5-2)58-40-39-31-48(46(56)50(3)37(44(54)49-27-28-52)30-34-17-9-8-10-18-34)42(45(55)57-39)51(60-43(48)41(40)59-47)32-35-21-15-19-33(29-35)20-16-23-36-22-11-12-24-38(36)53/h8-12,15-22,24,29,37,39-43,52-53H,4-7,13-14,23,25-28,30-32H2,1-3H3,(H,49,54)/t37-,39-,40+,41+,42-,43-,48-/m1/s1. The maximum atomic E-state index is 15.6. The monoisotopic (exact) mass is 823 g/mol. The largest absolute Gasteiger partial charge is 0.508 e. The van der Waals surface area contributed by atoms with Crippen LogP contribution in [-0.2, 0) is 52.8 Å². The van der Waals surface area contributed by atoms with Crippen LogP contribution in [0.3, 0.4) is 0 Å². The van der Waals surface area contributed by atoms with E-state index < -0.39 is 65.5 Å². The second-order valence-corrected chi connectivity index (χ2v) is 16.8. The number of hydroxylamine groups is 2. The summed E-state index contributed by atoms with van der Waals surface area (Å²) in [6.07, 6.45) is 9.12. The molecule has 1 aliphatic carbocycles. The second-order valence-electron chi connectivity index (χ2n) is 16.8. The number of aromatic hydroxyl groups is 1. The number of phenolic OH excluding ortho intramolecular Hbond substituents is 1. The first kappa shape index (κ1) is 43.5. The fourth-order valence-corrected chi connectivity index (χ4v) is 9.67. The quantitative estimate of drug-likeness (QED) is 0.0881. The van der Waals surface area contributed by atoms with Crippen molar-refractivity contribution in [2.75, 3.05) is 20.2 Å². The van der Waals surface area contributed by atoms with E-state index in [4.69, 9.17) is 19.0 Å². The normalized spacial score (nSPS) is 25.8. The minimum absolute atomic E-state index is 0.0316. The van der Waals surface area contributed by atoms with Crippen LogP contribution in [0.2, 0.25) is 0 Å². The molecule has 3 heterocycles. The zero-order valence-corrected chi connectivity index (χ0v) is 35.2. The number of phenols is 1. The Morgan fingerprint density at radius 1 is 0.933 bits per heavy atom. The summed E-state index contributed by atoms with van der Waals surface area (Å²) in [7, 11) is 1.62. The van der Waals surface area contributed by atoms with Gasteiger partial charge in [-0.25, -0.2) is 0 Å². The van der Waals surface area contributed by atoms with E-state index in [9.17, 15) is 19.8 Å². The molecule has 3 N–H and O–H groups in total. The Hall–Kier alpha value is -4.59. The average Bonchev–Trinajstić information content (AvgIpc) is 3.81. The summed E-state index contributed by atoms with van der Waals surface area (Å²) in [5.41, 5.74) is 1.98. The van der Waals surface area contributed by atoms with Crippen LogP contribution in [0.25, 0.3) is 6.08 Å². The number of hydrogen-bond donors (Lipinski definition) is 3. The molecule has 7 rings (SSSR count). The van der Waals surface area contributed by atoms with Crippen LogP contribution in [0.15, 0.2) is 84.9 Å². The number of allylic oxidation sites excluding steroid dienone is 1. The minimum atomic E-state index is -1.47. The molecule has 60 heavy (non-hydrogen) atoms. The molecule has 3 aromatic rings. The van der Waals surface area contributed by atoms with E-state index in [2.05, 4.69) is 19.2 Å². The van der Waals surface area contributed by atoms with Gasteiger partial charge in [0, 0.05) is 39.3 Å². The molecule has 12 nitrogen and oxygen atoms in total. The van der Waals surface area contributed by atoms with Crippen LogP contribution in [0.4, 0.5) is 0 Å². The number of hydrogen-bond acceptors (Lipinski definition) is 10. The van der Waals surface area contributed by atoms with Crippen LogP contribution in [-0.4, -0.2) is 100 Å². The molecule has 0 aromatic heterocycles. The molecule has 3 saturated heterocycles. The van der Waals surface area contributed by atoms with Crippen molar-refractivity contribution in [3.8, 4) is 5.75 Å². The van der Waals surface area contributed by atoms with E-state index in [1.165, 1.54) is 4.90 Å². The highest BCUT2D eigenvalue weighted by Gasteiger charge is 2.76. The first-order chi connectivity index (χ1) is 29.1. The molecule has 7 atom stereocenters. The lowest BCUT2D eigenvalue weighted by molar-refractivity contribution is -0.225. The molecular formula is C48H61N3O9. The predicted octanol–water partition coefficient (Wildman–Crippen LogP) is 6.27. The summed E-state index contributed by atoms with van der Waals surface area (Å²) < 4.78 is 20.3. The topological polar surface area (TPSA) is 147 Å². The summed E-state index contributed by atoms with van der Waals surface area (Å²) in [6, 6.07) is 22.5. The fourth-order valence-electron chi connectivity index (χ4n) is 9.67. The average molecular weight is 824 g/mol. The van der Waals surface area contributed by atoms with E-state index in [1.807, 2.05) is 78.9 Å². The Morgan fingerprint density at radius 3 is 2.35 bits per heavy atom. The second kappa shape index (κ2) is 19.4. The SMILES string of the molecule is CCCCCC1(CCCCC)O[C@@H]2[C@H](O1)[C@H]1ON(Cc3cccc(C=CCc4ccccc4O)c3)[C@@H]3C(=O)O[C@@H]2C[C@]13C(=O)N(C)[C@H](Cc1ccccc1)C(=O)NCCO. The van der Waals surface area contributed by atoms with Crippen molar-refractivity contribution >= 4 is 23.9 Å². The van der Waals surface area contributed by atoms with Crippen molar-refractivity contribution in [2.45, 2.75) is 133 Å². The van der Waals surface area contributed by atoms with Crippen molar-refractivity contribution in [3.05, 3.63) is 107 Å². The van der Waals surface area contributed by atoms with Gasteiger partial charge in [-0.1, -0.05) is 124 Å². The van der Waals surface area contributed by atoms with E-state index >= 15 is 4.79 Å². The first-order valence-corrected chi connectivity index (χ1v) is 21.8. The van der Waals surface area contributed by atoms with Gasteiger partial charge in [0.15, 0.2) is 11.8 Å². The van der Waals surface area contributed by atoms with E-state index in [1.54, 1.807) is 24.2 Å². The number of fused-ring (bicyclic) bond motifs is 4. The highest BCUT2D eigenvalue weighted by atomic mass is 16.8. The third-order valence-corrected chi connectivity index (χ3v) is 12.7. The molecule has 0 radical (unpaired) electrons.